The lowest BCUT2D eigenvalue weighted by Crippen LogP contribution is -1.97. The maximum absolute atomic E-state index is 4.21. The molecule has 0 aliphatic rings. The summed E-state index contributed by atoms with van der Waals surface area (Å²) in [5, 5.41) is 4.21. The van der Waals surface area contributed by atoms with E-state index in [1.54, 1.807) is 10.9 Å². The van der Waals surface area contributed by atoms with E-state index >= 15 is 0 Å². The average Bonchev–Trinajstić information content (AvgIpc) is 2.69. The van der Waals surface area contributed by atoms with Gasteiger partial charge in [0.2, 0.25) is 0 Å². The average molecular weight is 190 g/mol. The summed E-state index contributed by atoms with van der Waals surface area (Å²) in [5.74, 6) is 0.790. The van der Waals surface area contributed by atoms with Gasteiger partial charge in [0.25, 0.3) is 0 Å². The quantitative estimate of drug-likeness (QED) is 0.690. The molecule has 0 aromatic carbocycles. The molecule has 0 spiro atoms. The van der Waals surface area contributed by atoms with Crippen LogP contribution in [0.5, 0.6) is 0 Å². The predicted molar refractivity (Wildman–Crippen MR) is 55.2 cm³/mol. The van der Waals surface area contributed by atoms with Crippen molar-refractivity contribution in [1.82, 2.24) is 19.7 Å². The van der Waals surface area contributed by atoms with Gasteiger partial charge in [0, 0.05) is 18.5 Å². The van der Waals surface area contributed by atoms with Crippen LogP contribution in [0.4, 0.5) is 0 Å². The van der Waals surface area contributed by atoms with Crippen LogP contribution in [0.15, 0.2) is 30.9 Å². The Kier molecular flexibility index (Phi) is 3.79. The molecule has 2 rings (SSSR count). The van der Waals surface area contributed by atoms with Crippen LogP contribution in [0.2, 0.25) is 0 Å². The van der Waals surface area contributed by atoms with Gasteiger partial charge in [-0.05, 0) is 13.0 Å². The third-order valence-electron chi connectivity index (χ3n) is 1.52. The molecular formula is C10H14N4. The van der Waals surface area contributed by atoms with Gasteiger partial charge in [-0.3, -0.25) is 0 Å². The van der Waals surface area contributed by atoms with E-state index in [2.05, 4.69) is 15.1 Å². The lowest BCUT2D eigenvalue weighted by atomic mass is 10.5. The van der Waals surface area contributed by atoms with E-state index in [4.69, 9.17) is 0 Å². The summed E-state index contributed by atoms with van der Waals surface area (Å²) in [4.78, 5) is 7.88. The van der Waals surface area contributed by atoms with Crippen LogP contribution in [0.1, 0.15) is 19.5 Å². The van der Waals surface area contributed by atoms with Crippen molar-refractivity contribution in [1.29, 1.82) is 0 Å². The normalized spacial score (nSPS) is 9.07. The third-order valence-corrected chi connectivity index (χ3v) is 1.52. The monoisotopic (exact) mass is 190 g/mol. The minimum absolute atomic E-state index is 0.790. The van der Waals surface area contributed by atoms with Crippen molar-refractivity contribution in [2.24, 2.45) is 0 Å². The lowest BCUT2D eigenvalue weighted by Gasteiger charge is -1.96. The molecule has 0 bridgehead atoms. The molecule has 4 heteroatoms. The van der Waals surface area contributed by atoms with Gasteiger partial charge in [-0.25, -0.2) is 14.6 Å². The molecule has 0 radical (unpaired) electrons. The minimum atomic E-state index is 0.790. The lowest BCUT2D eigenvalue weighted by molar-refractivity contribution is 0.826. The Labute approximate surface area is 83.6 Å². The smallest absolute Gasteiger partial charge is 0.156 e. The highest BCUT2D eigenvalue weighted by Gasteiger charge is 1.96. The summed E-state index contributed by atoms with van der Waals surface area (Å²) in [6, 6.07) is 3.74. The highest BCUT2D eigenvalue weighted by molar-refractivity contribution is 5.18. The molecule has 2 aromatic heterocycles. The molecule has 2 heterocycles. The maximum Gasteiger partial charge on any atom is 0.156 e. The molecule has 0 saturated heterocycles. The Hall–Kier alpha value is -1.71. The second-order valence-corrected chi connectivity index (χ2v) is 2.47. The van der Waals surface area contributed by atoms with Crippen molar-refractivity contribution in [3.63, 3.8) is 0 Å². The zero-order valence-corrected chi connectivity index (χ0v) is 8.68. The zero-order valence-electron chi connectivity index (χ0n) is 8.68. The van der Waals surface area contributed by atoms with Crippen LogP contribution in [-0.4, -0.2) is 19.7 Å². The van der Waals surface area contributed by atoms with Gasteiger partial charge in [-0.15, -0.1) is 0 Å². The SMILES string of the molecule is CC.Cc1ccn(-c2ccncn2)n1. The number of nitrogens with zero attached hydrogens (tertiary/aromatic N) is 4. The van der Waals surface area contributed by atoms with Gasteiger partial charge < -0.3 is 0 Å². The van der Waals surface area contributed by atoms with E-state index in [-0.39, 0.29) is 0 Å². The second-order valence-electron chi connectivity index (χ2n) is 2.47. The molecule has 4 nitrogen and oxygen atoms in total. The first-order chi connectivity index (χ1) is 6.86. The molecule has 0 aliphatic carbocycles. The van der Waals surface area contributed by atoms with Crippen molar-refractivity contribution in [2.75, 3.05) is 0 Å². The fraction of sp³-hybridized carbons (Fsp3) is 0.300. The highest BCUT2D eigenvalue weighted by atomic mass is 15.3. The fourth-order valence-corrected chi connectivity index (χ4v) is 0.962. The highest BCUT2D eigenvalue weighted by Crippen LogP contribution is 2.00. The van der Waals surface area contributed by atoms with Crippen molar-refractivity contribution < 1.29 is 0 Å². The van der Waals surface area contributed by atoms with Gasteiger partial charge in [0.1, 0.15) is 6.33 Å². The standard InChI is InChI=1S/C8H8N4.C2H6/c1-7-3-5-12(11-7)8-2-4-9-6-10-8;1-2/h2-6H,1H3;1-2H3. The molecule has 0 saturated carbocycles. The summed E-state index contributed by atoms with van der Waals surface area (Å²) in [6.45, 7) is 5.94. The van der Waals surface area contributed by atoms with Crippen molar-refractivity contribution in [2.45, 2.75) is 20.8 Å². The molecule has 0 unspecified atom stereocenters. The Morgan fingerprint density at radius 3 is 2.50 bits per heavy atom. The summed E-state index contributed by atoms with van der Waals surface area (Å²) < 4.78 is 1.72. The Balaban J connectivity index is 0.000000461. The molecule has 0 fully saturated rings. The van der Waals surface area contributed by atoms with E-state index < -0.39 is 0 Å². The first-order valence-corrected chi connectivity index (χ1v) is 4.65. The Morgan fingerprint density at radius 2 is 2.00 bits per heavy atom. The van der Waals surface area contributed by atoms with Crippen LogP contribution >= 0.6 is 0 Å². The number of hydrogen-bond donors (Lipinski definition) is 0. The predicted octanol–water partition coefficient (Wildman–Crippen LogP) is 2.00. The van der Waals surface area contributed by atoms with E-state index in [0.717, 1.165) is 11.5 Å². The van der Waals surface area contributed by atoms with Crippen molar-refractivity contribution >= 4 is 0 Å². The van der Waals surface area contributed by atoms with Crippen LogP contribution in [-0.2, 0) is 0 Å². The Bertz CT molecular complexity index is 367. The van der Waals surface area contributed by atoms with Gasteiger partial charge in [0.05, 0.1) is 5.69 Å². The summed E-state index contributed by atoms with van der Waals surface area (Å²) in [7, 11) is 0. The van der Waals surface area contributed by atoms with Crippen LogP contribution in [0.3, 0.4) is 0 Å². The van der Waals surface area contributed by atoms with Gasteiger partial charge in [-0.2, -0.15) is 5.10 Å². The molecule has 74 valence electrons. The van der Waals surface area contributed by atoms with E-state index in [0.29, 0.717) is 0 Å². The summed E-state index contributed by atoms with van der Waals surface area (Å²) >= 11 is 0. The first-order valence-electron chi connectivity index (χ1n) is 4.65. The summed E-state index contributed by atoms with van der Waals surface area (Å²) in [5.41, 5.74) is 0.980. The first kappa shape index (κ1) is 10.4. The number of hydrogen-bond acceptors (Lipinski definition) is 3. The van der Waals surface area contributed by atoms with Crippen molar-refractivity contribution in [3.8, 4) is 5.82 Å². The van der Waals surface area contributed by atoms with E-state index in [1.165, 1.54) is 6.33 Å². The Morgan fingerprint density at radius 1 is 1.21 bits per heavy atom. The van der Waals surface area contributed by atoms with E-state index in [9.17, 15) is 0 Å². The number of rotatable bonds is 1. The topological polar surface area (TPSA) is 43.6 Å². The van der Waals surface area contributed by atoms with Gasteiger partial charge >= 0.3 is 0 Å². The molecule has 0 amide bonds. The molecular weight excluding hydrogens is 176 g/mol. The van der Waals surface area contributed by atoms with E-state index in [1.807, 2.05) is 39.1 Å². The fourth-order valence-electron chi connectivity index (χ4n) is 0.962. The molecule has 0 atom stereocenters. The molecule has 2 aromatic rings. The number of aryl methyl sites for hydroxylation is 1. The van der Waals surface area contributed by atoms with Gasteiger partial charge in [0.15, 0.2) is 5.82 Å². The van der Waals surface area contributed by atoms with Crippen molar-refractivity contribution in [3.05, 3.63) is 36.5 Å². The van der Waals surface area contributed by atoms with Gasteiger partial charge in [-0.1, -0.05) is 13.8 Å². The van der Waals surface area contributed by atoms with Crippen LogP contribution in [0, 0.1) is 6.92 Å². The molecule has 0 aliphatic heterocycles. The van der Waals surface area contributed by atoms with Crippen LogP contribution < -0.4 is 0 Å². The number of aromatic nitrogens is 4. The second kappa shape index (κ2) is 5.11. The third kappa shape index (κ3) is 2.39. The molecule has 14 heavy (non-hydrogen) atoms. The largest absolute Gasteiger partial charge is 0.245 e. The molecule has 0 N–H and O–H groups in total. The van der Waals surface area contributed by atoms with Crippen LogP contribution in [0.25, 0.3) is 5.82 Å². The minimum Gasteiger partial charge on any atom is -0.245 e. The maximum atomic E-state index is 4.21. The zero-order chi connectivity index (χ0) is 10.4. The summed E-state index contributed by atoms with van der Waals surface area (Å²) in [6.07, 6.45) is 5.07.